The van der Waals surface area contributed by atoms with Crippen LogP contribution >= 0.6 is 0 Å². The minimum atomic E-state index is -4.34. The Labute approximate surface area is 172 Å². The minimum absolute atomic E-state index is 0.0275. The van der Waals surface area contributed by atoms with E-state index in [2.05, 4.69) is 4.90 Å². The number of hydrogen-bond donors (Lipinski definition) is 0. The zero-order valence-corrected chi connectivity index (χ0v) is 16.7. The molecule has 4 nitrogen and oxygen atoms in total. The van der Waals surface area contributed by atoms with E-state index < -0.39 is 12.8 Å². The van der Waals surface area contributed by atoms with Crippen molar-refractivity contribution >= 4 is 16.6 Å². The maximum absolute atomic E-state index is 12.4. The molecule has 0 aliphatic carbocycles. The lowest BCUT2D eigenvalue weighted by Crippen LogP contribution is -2.34. The molecule has 0 N–H and O–H groups in total. The van der Waals surface area contributed by atoms with Crippen LogP contribution in [0.25, 0.3) is 10.9 Å². The SMILES string of the molecule is Cn1c(=O)cc(N2CCC(c3ccc(OCC(F)(F)F)cc3)CC2)c2ccccc21. The summed E-state index contributed by atoms with van der Waals surface area (Å²) in [6.07, 6.45) is -2.52. The number of benzene rings is 2. The normalized spacial score (nSPS) is 15.5. The van der Waals surface area contributed by atoms with Crippen molar-refractivity contribution in [3.63, 3.8) is 0 Å². The third-order valence-electron chi connectivity index (χ3n) is 5.72. The smallest absolute Gasteiger partial charge is 0.422 e. The van der Waals surface area contributed by atoms with Crippen LogP contribution in [0.3, 0.4) is 0 Å². The molecule has 158 valence electrons. The number of rotatable bonds is 4. The summed E-state index contributed by atoms with van der Waals surface area (Å²) in [6, 6.07) is 16.5. The number of fused-ring (bicyclic) bond motifs is 1. The van der Waals surface area contributed by atoms with Crippen molar-refractivity contribution < 1.29 is 17.9 Å². The molecule has 1 saturated heterocycles. The average molecular weight is 416 g/mol. The molecular formula is C23H23F3N2O2. The molecule has 1 aliphatic heterocycles. The van der Waals surface area contributed by atoms with Gasteiger partial charge >= 0.3 is 6.18 Å². The highest BCUT2D eigenvalue weighted by atomic mass is 19.4. The predicted octanol–water partition coefficient (Wildman–Crippen LogP) is 4.86. The molecule has 0 radical (unpaired) electrons. The lowest BCUT2D eigenvalue weighted by atomic mass is 9.89. The van der Waals surface area contributed by atoms with E-state index in [1.54, 1.807) is 29.8 Å². The Bertz CT molecular complexity index is 1080. The van der Waals surface area contributed by atoms with Gasteiger partial charge in [-0.1, -0.05) is 30.3 Å². The van der Waals surface area contributed by atoms with Crippen molar-refractivity contribution in [2.45, 2.75) is 24.9 Å². The molecule has 2 aromatic carbocycles. The summed E-state index contributed by atoms with van der Waals surface area (Å²) < 4.78 is 43.3. The fourth-order valence-electron chi connectivity index (χ4n) is 4.11. The maximum Gasteiger partial charge on any atom is 0.422 e. The van der Waals surface area contributed by atoms with Gasteiger partial charge in [-0.2, -0.15) is 13.2 Å². The summed E-state index contributed by atoms with van der Waals surface area (Å²) in [4.78, 5) is 14.6. The molecule has 1 fully saturated rings. The van der Waals surface area contributed by atoms with Gasteiger partial charge in [0.2, 0.25) is 0 Å². The van der Waals surface area contributed by atoms with E-state index in [1.807, 2.05) is 36.4 Å². The summed E-state index contributed by atoms with van der Waals surface area (Å²) in [7, 11) is 1.78. The number of pyridine rings is 1. The molecule has 0 amide bonds. The highest BCUT2D eigenvalue weighted by Crippen LogP contribution is 2.33. The van der Waals surface area contributed by atoms with Crippen LogP contribution < -0.4 is 15.2 Å². The Morgan fingerprint density at radius 1 is 1.03 bits per heavy atom. The monoisotopic (exact) mass is 416 g/mol. The predicted molar refractivity (Wildman–Crippen MR) is 111 cm³/mol. The molecule has 0 bridgehead atoms. The van der Waals surface area contributed by atoms with Crippen molar-refractivity contribution in [1.29, 1.82) is 0 Å². The molecule has 0 spiro atoms. The van der Waals surface area contributed by atoms with Crippen molar-refractivity contribution in [3.05, 3.63) is 70.5 Å². The van der Waals surface area contributed by atoms with Crippen LogP contribution in [0.4, 0.5) is 18.9 Å². The zero-order valence-electron chi connectivity index (χ0n) is 16.7. The number of ether oxygens (including phenoxy) is 1. The number of halogens is 3. The molecule has 0 saturated carbocycles. The van der Waals surface area contributed by atoms with Crippen LogP contribution in [0, 0.1) is 0 Å². The fraction of sp³-hybridized carbons (Fsp3) is 0.348. The number of aromatic nitrogens is 1. The number of aryl methyl sites for hydroxylation is 1. The van der Waals surface area contributed by atoms with Crippen molar-refractivity contribution in [2.24, 2.45) is 7.05 Å². The lowest BCUT2D eigenvalue weighted by molar-refractivity contribution is -0.153. The van der Waals surface area contributed by atoms with Gasteiger partial charge in [-0.15, -0.1) is 0 Å². The summed E-state index contributed by atoms with van der Waals surface area (Å²) in [5.41, 5.74) is 2.95. The molecule has 4 rings (SSSR count). The molecular weight excluding hydrogens is 393 g/mol. The molecule has 0 unspecified atom stereocenters. The van der Waals surface area contributed by atoms with Gasteiger partial charge in [0.25, 0.3) is 5.56 Å². The van der Waals surface area contributed by atoms with Crippen LogP contribution in [0.2, 0.25) is 0 Å². The molecule has 7 heteroatoms. The summed E-state index contributed by atoms with van der Waals surface area (Å²) in [5.74, 6) is 0.552. The molecule has 30 heavy (non-hydrogen) atoms. The number of anilines is 1. The van der Waals surface area contributed by atoms with Crippen molar-refractivity contribution in [1.82, 2.24) is 4.57 Å². The quantitative estimate of drug-likeness (QED) is 0.609. The first-order valence-corrected chi connectivity index (χ1v) is 9.95. The Kier molecular flexibility index (Phi) is 5.45. The van der Waals surface area contributed by atoms with E-state index in [4.69, 9.17) is 4.74 Å². The van der Waals surface area contributed by atoms with Gasteiger partial charge in [0.05, 0.1) is 11.2 Å². The van der Waals surface area contributed by atoms with Crippen LogP contribution in [0.15, 0.2) is 59.4 Å². The van der Waals surface area contributed by atoms with Gasteiger partial charge < -0.3 is 14.2 Å². The molecule has 3 aromatic rings. The van der Waals surface area contributed by atoms with E-state index in [9.17, 15) is 18.0 Å². The van der Waals surface area contributed by atoms with Crippen LogP contribution in [-0.4, -0.2) is 30.4 Å². The summed E-state index contributed by atoms with van der Waals surface area (Å²) >= 11 is 0. The minimum Gasteiger partial charge on any atom is -0.484 e. The largest absolute Gasteiger partial charge is 0.484 e. The first-order chi connectivity index (χ1) is 14.3. The highest BCUT2D eigenvalue weighted by molar-refractivity contribution is 5.91. The van der Waals surface area contributed by atoms with Gasteiger partial charge in [0, 0.05) is 31.6 Å². The van der Waals surface area contributed by atoms with E-state index in [0.717, 1.165) is 48.1 Å². The fourth-order valence-corrected chi connectivity index (χ4v) is 4.11. The van der Waals surface area contributed by atoms with Gasteiger partial charge in [-0.05, 0) is 42.5 Å². The maximum atomic E-state index is 12.4. The topological polar surface area (TPSA) is 34.5 Å². The number of para-hydroxylation sites is 1. The standard InChI is InChI=1S/C23H23F3N2O2/c1-27-20-5-3-2-4-19(20)21(14-22(27)29)28-12-10-17(11-13-28)16-6-8-18(9-7-16)30-15-23(24,25)26/h2-9,14,17H,10-13,15H2,1H3. The number of nitrogens with zero attached hydrogens (tertiary/aromatic N) is 2. The van der Waals surface area contributed by atoms with Gasteiger partial charge in [-0.25, -0.2) is 0 Å². The van der Waals surface area contributed by atoms with Crippen LogP contribution in [-0.2, 0) is 7.05 Å². The van der Waals surface area contributed by atoms with E-state index in [-0.39, 0.29) is 11.3 Å². The summed E-state index contributed by atoms with van der Waals surface area (Å²) in [6.45, 7) is 0.345. The summed E-state index contributed by atoms with van der Waals surface area (Å²) in [5, 5.41) is 1.06. The highest BCUT2D eigenvalue weighted by Gasteiger charge is 2.28. The van der Waals surface area contributed by atoms with E-state index in [1.165, 1.54) is 0 Å². The Balaban J connectivity index is 1.45. The zero-order chi connectivity index (χ0) is 21.3. The first-order valence-electron chi connectivity index (χ1n) is 9.95. The number of hydrogen-bond acceptors (Lipinski definition) is 3. The van der Waals surface area contributed by atoms with E-state index >= 15 is 0 Å². The number of alkyl halides is 3. The Hall–Kier alpha value is -2.96. The second kappa shape index (κ2) is 8.05. The van der Waals surface area contributed by atoms with Crippen LogP contribution in [0.5, 0.6) is 5.75 Å². The molecule has 0 atom stereocenters. The number of piperidine rings is 1. The molecule has 2 heterocycles. The van der Waals surface area contributed by atoms with Crippen molar-refractivity contribution in [2.75, 3.05) is 24.6 Å². The first kappa shape index (κ1) is 20.3. The van der Waals surface area contributed by atoms with Gasteiger partial charge in [0.15, 0.2) is 6.61 Å². The van der Waals surface area contributed by atoms with Gasteiger partial charge in [-0.3, -0.25) is 4.79 Å². The third kappa shape index (κ3) is 4.30. The second-order valence-corrected chi connectivity index (χ2v) is 7.68. The second-order valence-electron chi connectivity index (χ2n) is 7.68. The Morgan fingerprint density at radius 2 is 1.70 bits per heavy atom. The molecule has 1 aliphatic rings. The third-order valence-corrected chi connectivity index (χ3v) is 5.72. The van der Waals surface area contributed by atoms with Crippen LogP contribution in [0.1, 0.15) is 24.3 Å². The Morgan fingerprint density at radius 3 is 2.37 bits per heavy atom. The lowest BCUT2D eigenvalue weighted by Gasteiger charge is -2.34. The van der Waals surface area contributed by atoms with E-state index in [0.29, 0.717) is 5.92 Å². The average Bonchev–Trinajstić information content (AvgIpc) is 2.75. The van der Waals surface area contributed by atoms with Gasteiger partial charge in [0.1, 0.15) is 5.75 Å². The van der Waals surface area contributed by atoms with Crippen molar-refractivity contribution in [3.8, 4) is 5.75 Å². The molecule has 1 aromatic heterocycles.